The van der Waals surface area contributed by atoms with Gasteiger partial charge in [-0.15, -0.1) is 0 Å². The summed E-state index contributed by atoms with van der Waals surface area (Å²) < 4.78 is 20.8. The van der Waals surface area contributed by atoms with Gasteiger partial charge >= 0.3 is 0 Å². The van der Waals surface area contributed by atoms with Crippen molar-refractivity contribution < 1.29 is 13.9 Å². The molecule has 1 atom stereocenters. The van der Waals surface area contributed by atoms with E-state index in [9.17, 15) is 14.0 Å². The van der Waals surface area contributed by atoms with Gasteiger partial charge in [0.1, 0.15) is 17.6 Å². The van der Waals surface area contributed by atoms with E-state index in [0.717, 1.165) is 36.2 Å². The highest BCUT2D eigenvalue weighted by molar-refractivity contribution is 5.94. The van der Waals surface area contributed by atoms with Crippen LogP contribution in [0.25, 0.3) is 11.8 Å². The summed E-state index contributed by atoms with van der Waals surface area (Å²) in [5, 5.41) is 4.23. The van der Waals surface area contributed by atoms with Gasteiger partial charge in [-0.05, 0) is 30.2 Å². The van der Waals surface area contributed by atoms with Crippen LogP contribution in [0.5, 0.6) is 0 Å². The lowest BCUT2D eigenvalue weighted by atomic mass is 10.0. The molecule has 3 heterocycles. The fourth-order valence-electron chi connectivity index (χ4n) is 3.92. The predicted octanol–water partition coefficient (Wildman–Crippen LogP) is -0.118. The van der Waals surface area contributed by atoms with Crippen molar-refractivity contribution in [2.24, 2.45) is 0 Å². The van der Waals surface area contributed by atoms with Crippen molar-refractivity contribution in [1.29, 1.82) is 0 Å². The van der Waals surface area contributed by atoms with Crippen molar-refractivity contribution in [3.8, 4) is 0 Å². The molecule has 138 valence electrons. The summed E-state index contributed by atoms with van der Waals surface area (Å²) in [6.07, 6.45) is 4.40. The Hall–Kier alpha value is -2.93. The van der Waals surface area contributed by atoms with Gasteiger partial charge in [-0.25, -0.2) is 4.39 Å². The monoisotopic (exact) mass is 367 g/mol. The number of pyridine rings is 1. The number of carbonyl (C=O) groups is 1. The topological polar surface area (TPSA) is 63.6 Å². The molecule has 1 aliphatic carbocycles. The molecule has 0 bridgehead atoms. The lowest BCUT2D eigenvalue weighted by Gasteiger charge is -2.43. The number of fused-ring (bicyclic) bond motifs is 2. The van der Waals surface area contributed by atoms with E-state index in [4.69, 9.17) is 4.74 Å². The highest BCUT2D eigenvalue weighted by atomic mass is 19.1. The molecule has 1 unspecified atom stereocenters. The van der Waals surface area contributed by atoms with Crippen LogP contribution in [-0.2, 0) is 17.8 Å². The SMILES string of the molecule is O=C(NCc1ccc(F)cc1)c1cn2c3c(c1=O)=CC=3N1CCCOC1C2. The van der Waals surface area contributed by atoms with Crippen molar-refractivity contribution in [3.05, 3.63) is 68.2 Å². The minimum absolute atomic E-state index is 0.0525. The van der Waals surface area contributed by atoms with Gasteiger partial charge in [-0.2, -0.15) is 0 Å². The Morgan fingerprint density at radius 3 is 2.93 bits per heavy atom. The summed E-state index contributed by atoms with van der Waals surface area (Å²) in [4.78, 5) is 27.5. The first-order chi connectivity index (χ1) is 13.1. The number of benzene rings is 1. The van der Waals surface area contributed by atoms with Gasteiger partial charge in [0.05, 0.1) is 29.4 Å². The van der Waals surface area contributed by atoms with Gasteiger partial charge in [0.25, 0.3) is 5.91 Å². The average molecular weight is 367 g/mol. The molecule has 7 heteroatoms. The summed E-state index contributed by atoms with van der Waals surface area (Å²) in [5.41, 5.74) is 1.66. The maximum Gasteiger partial charge on any atom is 0.257 e. The van der Waals surface area contributed by atoms with Gasteiger partial charge in [-0.3, -0.25) is 9.59 Å². The van der Waals surface area contributed by atoms with E-state index in [1.54, 1.807) is 18.3 Å². The predicted molar refractivity (Wildman–Crippen MR) is 96.5 cm³/mol. The third-order valence-corrected chi connectivity index (χ3v) is 5.31. The number of hydrogen-bond acceptors (Lipinski definition) is 4. The molecule has 1 N–H and O–H groups in total. The number of halogens is 1. The standard InChI is InChI=1S/C20H18FN3O3/c21-13-4-2-12(3-5-13)9-22-20(26)15-10-23-11-17-24(6-1-7-27-17)16-8-14(18(16)23)19(15)25/h2-5,8,10,17H,1,6-7,9,11H2,(H,22,26). The van der Waals surface area contributed by atoms with Gasteiger partial charge in [-0.1, -0.05) is 12.1 Å². The third-order valence-electron chi connectivity index (χ3n) is 5.31. The van der Waals surface area contributed by atoms with Crippen LogP contribution in [0.3, 0.4) is 0 Å². The Morgan fingerprint density at radius 2 is 2.11 bits per heavy atom. The van der Waals surface area contributed by atoms with Crippen LogP contribution < -0.4 is 21.3 Å². The highest BCUT2D eigenvalue weighted by Gasteiger charge is 2.33. The Balaban J connectivity index is 1.44. The quantitative estimate of drug-likeness (QED) is 0.822. The number of rotatable bonds is 3. The lowest BCUT2D eigenvalue weighted by Crippen LogP contribution is -2.63. The fourth-order valence-corrected chi connectivity index (χ4v) is 3.92. The Bertz CT molecular complexity index is 1120. The molecule has 1 amide bonds. The van der Waals surface area contributed by atoms with Crippen molar-refractivity contribution in [2.45, 2.75) is 25.7 Å². The molecule has 3 aliphatic rings. The van der Waals surface area contributed by atoms with Gasteiger partial charge < -0.3 is 19.5 Å². The maximum absolute atomic E-state index is 13.0. The van der Waals surface area contributed by atoms with Crippen molar-refractivity contribution >= 4 is 17.7 Å². The van der Waals surface area contributed by atoms with E-state index in [-0.39, 0.29) is 29.6 Å². The molecule has 0 spiro atoms. The van der Waals surface area contributed by atoms with Crippen LogP contribution in [0, 0.1) is 5.82 Å². The molecule has 1 saturated heterocycles. The number of nitrogens with zero attached hydrogens (tertiary/aromatic N) is 2. The minimum atomic E-state index is -0.426. The zero-order valence-electron chi connectivity index (χ0n) is 14.6. The maximum atomic E-state index is 13.0. The van der Waals surface area contributed by atoms with Gasteiger partial charge in [0.15, 0.2) is 0 Å². The first kappa shape index (κ1) is 16.3. The van der Waals surface area contributed by atoms with Crippen LogP contribution in [0.15, 0.2) is 35.3 Å². The molecule has 2 aliphatic heterocycles. The molecule has 2 aromatic rings. The molecule has 0 saturated carbocycles. The fraction of sp³-hybridized carbons (Fsp3) is 0.300. The lowest BCUT2D eigenvalue weighted by molar-refractivity contribution is -0.0801. The van der Waals surface area contributed by atoms with Crippen molar-refractivity contribution in [2.75, 3.05) is 13.2 Å². The number of nitrogens with one attached hydrogen (secondary N) is 1. The van der Waals surface area contributed by atoms with E-state index in [2.05, 4.69) is 10.2 Å². The summed E-state index contributed by atoms with van der Waals surface area (Å²) in [7, 11) is 0. The number of amides is 1. The molecule has 6 nitrogen and oxygen atoms in total. The largest absolute Gasteiger partial charge is 0.356 e. The van der Waals surface area contributed by atoms with Crippen molar-refractivity contribution in [1.82, 2.24) is 14.8 Å². The molecule has 1 aromatic carbocycles. The second kappa shape index (κ2) is 6.06. The summed E-state index contributed by atoms with van der Waals surface area (Å²) in [6, 6.07) is 5.89. The Labute approximate surface area is 154 Å². The molecule has 5 rings (SSSR count). The minimum Gasteiger partial charge on any atom is -0.356 e. The number of ether oxygens (including phenoxy) is 1. The number of hydrogen-bond donors (Lipinski definition) is 1. The van der Waals surface area contributed by atoms with E-state index < -0.39 is 5.91 Å². The van der Waals surface area contributed by atoms with E-state index in [0.29, 0.717) is 11.8 Å². The van der Waals surface area contributed by atoms with Gasteiger partial charge in [0, 0.05) is 19.3 Å². The summed E-state index contributed by atoms with van der Waals surface area (Å²) in [5.74, 6) is -0.754. The molecular formula is C20H18FN3O3. The zero-order valence-corrected chi connectivity index (χ0v) is 14.6. The molecule has 1 fully saturated rings. The first-order valence-corrected chi connectivity index (χ1v) is 9.02. The van der Waals surface area contributed by atoms with E-state index in [1.165, 1.54) is 12.1 Å². The van der Waals surface area contributed by atoms with Crippen LogP contribution in [0.1, 0.15) is 22.3 Å². The van der Waals surface area contributed by atoms with Crippen LogP contribution in [0.4, 0.5) is 4.39 Å². The number of aromatic nitrogens is 1. The third kappa shape index (κ3) is 2.57. The molecule has 1 aromatic heterocycles. The van der Waals surface area contributed by atoms with E-state index in [1.807, 2.05) is 10.6 Å². The first-order valence-electron chi connectivity index (χ1n) is 9.02. The molecular weight excluding hydrogens is 349 g/mol. The smallest absolute Gasteiger partial charge is 0.257 e. The van der Waals surface area contributed by atoms with Crippen molar-refractivity contribution in [3.63, 3.8) is 0 Å². The second-order valence-electron chi connectivity index (χ2n) is 7.00. The summed E-state index contributed by atoms with van der Waals surface area (Å²) >= 11 is 0. The van der Waals surface area contributed by atoms with Crippen LogP contribution >= 0.6 is 0 Å². The highest BCUT2D eigenvalue weighted by Crippen LogP contribution is 2.23. The Kier molecular flexibility index (Phi) is 3.65. The molecule has 27 heavy (non-hydrogen) atoms. The van der Waals surface area contributed by atoms with E-state index >= 15 is 0 Å². The number of carbonyl (C=O) groups excluding carboxylic acids is 1. The zero-order chi connectivity index (χ0) is 18.5. The molecule has 0 radical (unpaired) electrons. The van der Waals surface area contributed by atoms with Crippen LogP contribution in [-0.4, -0.2) is 34.8 Å². The normalized spacial score (nSPS) is 19.5. The summed E-state index contributed by atoms with van der Waals surface area (Å²) in [6.45, 7) is 2.47. The second-order valence-corrected chi connectivity index (χ2v) is 7.00. The Morgan fingerprint density at radius 1 is 1.30 bits per heavy atom. The average Bonchev–Trinajstić information content (AvgIpc) is 2.65. The van der Waals surface area contributed by atoms with Crippen LogP contribution in [0.2, 0.25) is 0 Å². The van der Waals surface area contributed by atoms with Gasteiger partial charge in [0.2, 0.25) is 5.43 Å².